The van der Waals surface area contributed by atoms with Crippen molar-refractivity contribution in [2.45, 2.75) is 13.5 Å². The van der Waals surface area contributed by atoms with E-state index < -0.39 is 0 Å². The van der Waals surface area contributed by atoms with Gasteiger partial charge in [0.2, 0.25) is 11.7 Å². The van der Waals surface area contributed by atoms with Gasteiger partial charge in [0.05, 0.1) is 5.56 Å². The Bertz CT molecular complexity index is 1030. The number of piperazine rings is 1. The van der Waals surface area contributed by atoms with E-state index in [2.05, 4.69) is 10.1 Å². The zero-order valence-electron chi connectivity index (χ0n) is 16.7. The third-order valence-electron chi connectivity index (χ3n) is 4.92. The highest BCUT2D eigenvalue weighted by Crippen LogP contribution is 2.22. The molecular formula is C22H22N4O4. The van der Waals surface area contributed by atoms with Crippen molar-refractivity contribution in [3.05, 3.63) is 77.4 Å². The van der Waals surface area contributed by atoms with Gasteiger partial charge in [-0.15, -0.1) is 0 Å². The number of amides is 2. The number of rotatable bonds is 5. The Morgan fingerprint density at radius 3 is 2.23 bits per heavy atom. The largest absolute Gasteiger partial charge is 0.485 e. The Balaban J connectivity index is 1.39. The number of carbonyl (C=O) groups excluding carboxylic acids is 2. The van der Waals surface area contributed by atoms with Gasteiger partial charge in [-0.2, -0.15) is 4.98 Å². The summed E-state index contributed by atoms with van der Waals surface area (Å²) in [6.07, 6.45) is 0. The summed E-state index contributed by atoms with van der Waals surface area (Å²) in [6.45, 7) is 3.73. The molecule has 1 aliphatic rings. The van der Waals surface area contributed by atoms with Crippen LogP contribution in [0.15, 0.2) is 59.1 Å². The number of benzene rings is 2. The minimum absolute atomic E-state index is 0.0122. The molecule has 8 heteroatoms. The molecule has 30 heavy (non-hydrogen) atoms. The fourth-order valence-electron chi connectivity index (χ4n) is 3.36. The molecule has 1 saturated heterocycles. The Morgan fingerprint density at radius 2 is 1.57 bits per heavy atom. The lowest BCUT2D eigenvalue weighted by Crippen LogP contribution is -2.50. The molecule has 0 bridgehead atoms. The van der Waals surface area contributed by atoms with Gasteiger partial charge in [-0.1, -0.05) is 35.5 Å². The minimum Gasteiger partial charge on any atom is -0.485 e. The summed E-state index contributed by atoms with van der Waals surface area (Å²) in [6, 6.07) is 16.3. The van der Waals surface area contributed by atoms with Gasteiger partial charge in [0.15, 0.2) is 6.61 Å². The van der Waals surface area contributed by atoms with Gasteiger partial charge in [-0.05, 0) is 24.3 Å². The summed E-state index contributed by atoms with van der Waals surface area (Å²) in [4.78, 5) is 33.3. The van der Waals surface area contributed by atoms with Crippen molar-refractivity contribution in [2.24, 2.45) is 0 Å². The van der Waals surface area contributed by atoms with Crippen molar-refractivity contribution in [2.75, 3.05) is 26.2 Å². The van der Waals surface area contributed by atoms with Crippen LogP contribution in [-0.2, 0) is 6.61 Å². The van der Waals surface area contributed by atoms with Crippen molar-refractivity contribution in [3.63, 3.8) is 0 Å². The molecule has 1 fully saturated rings. The molecule has 0 saturated carbocycles. The van der Waals surface area contributed by atoms with Crippen molar-refractivity contribution < 1.29 is 18.8 Å². The standard InChI is InChI=1S/C22H22N4O4/c1-16-23-20(24-30-16)15-29-19-10-6-5-9-18(19)22(28)26-13-11-25(12-14-26)21(27)17-7-3-2-4-8-17/h2-10H,11-15H2,1H3. The lowest BCUT2D eigenvalue weighted by atomic mass is 10.1. The molecule has 4 rings (SSSR count). The van der Waals surface area contributed by atoms with Crippen LogP contribution in [0.1, 0.15) is 32.4 Å². The maximum absolute atomic E-state index is 13.1. The first-order chi connectivity index (χ1) is 14.6. The highest BCUT2D eigenvalue weighted by molar-refractivity contribution is 5.97. The van der Waals surface area contributed by atoms with E-state index in [9.17, 15) is 9.59 Å². The topological polar surface area (TPSA) is 88.8 Å². The van der Waals surface area contributed by atoms with Crippen molar-refractivity contribution in [3.8, 4) is 5.75 Å². The number of aromatic nitrogens is 2. The number of ether oxygens (including phenoxy) is 1. The van der Waals surface area contributed by atoms with Gasteiger partial charge in [-0.25, -0.2) is 0 Å². The summed E-state index contributed by atoms with van der Waals surface area (Å²) in [5.41, 5.74) is 1.13. The van der Waals surface area contributed by atoms with Crippen LogP contribution < -0.4 is 4.74 Å². The third kappa shape index (κ3) is 4.32. The van der Waals surface area contributed by atoms with Crippen LogP contribution in [0, 0.1) is 6.92 Å². The van der Waals surface area contributed by atoms with E-state index in [1.54, 1.807) is 47.1 Å². The zero-order valence-corrected chi connectivity index (χ0v) is 16.7. The average molecular weight is 406 g/mol. The monoisotopic (exact) mass is 406 g/mol. The lowest BCUT2D eigenvalue weighted by Gasteiger charge is -2.35. The molecular weight excluding hydrogens is 384 g/mol. The summed E-state index contributed by atoms with van der Waals surface area (Å²) < 4.78 is 10.7. The molecule has 0 atom stereocenters. The molecule has 8 nitrogen and oxygen atoms in total. The Kier molecular flexibility index (Phi) is 5.74. The van der Waals surface area contributed by atoms with Gasteiger partial charge < -0.3 is 19.1 Å². The molecule has 1 aliphatic heterocycles. The van der Waals surface area contributed by atoms with Crippen LogP contribution in [0.4, 0.5) is 0 Å². The van der Waals surface area contributed by atoms with Crippen molar-refractivity contribution in [1.29, 1.82) is 0 Å². The van der Waals surface area contributed by atoms with Crippen LogP contribution in [-0.4, -0.2) is 57.9 Å². The molecule has 1 aromatic heterocycles. The van der Waals surface area contributed by atoms with E-state index in [1.807, 2.05) is 24.3 Å². The number of hydrogen-bond acceptors (Lipinski definition) is 6. The van der Waals surface area contributed by atoms with E-state index in [0.717, 1.165) is 0 Å². The predicted molar refractivity (Wildman–Crippen MR) is 108 cm³/mol. The van der Waals surface area contributed by atoms with Crippen LogP contribution >= 0.6 is 0 Å². The van der Waals surface area contributed by atoms with Crippen LogP contribution in [0.25, 0.3) is 0 Å². The number of nitrogens with zero attached hydrogens (tertiary/aromatic N) is 4. The van der Waals surface area contributed by atoms with E-state index in [-0.39, 0.29) is 18.4 Å². The number of carbonyl (C=O) groups is 2. The van der Waals surface area contributed by atoms with Gasteiger partial charge in [0.1, 0.15) is 5.75 Å². The van der Waals surface area contributed by atoms with E-state index in [4.69, 9.17) is 9.26 Å². The number of para-hydroxylation sites is 1. The van der Waals surface area contributed by atoms with Crippen molar-refractivity contribution in [1.82, 2.24) is 19.9 Å². The lowest BCUT2D eigenvalue weighted by molar-refractivity contribution is 0.0533. The molecule has 0 N–H and O–H groups in total. The molecule has 154 valence electrons. The maximum Gasteiger partial charge on any atom is 0.257 e. The smallest absolute Gasteiger partial charge is 0.257 e. The highest BCUT2D eigenvalue weighted by atomic mass is 16.5. The summed E-state index contributed by atoms with van der Waals surface area (Å²) in [5, 5.41) is 3.80. The normalized spacial score (nSPS) is 13.9. The third-order valence-corrected chi connectivity index (χ3v) is 4.92. The van der Waals surface area contributed by atoms with Gasteiger partial charge in [0.25, 0.3) is 11.8 Å². The average Bonchev–Trinajstić information content (AvgIpc) is 3.22. The zero-order chi connectivity index (χ0) is 20.9. The second-order valence-electron chi connectivity index (χ2n) is 6.96. The quantitative estimate of drug-likeness (QED) is 0.647. The molecule has 0 unspecified atom stereocenters. The van der Waals surface area contributed by atoms with Gasteiger partial charge in [-0.3, -0.25) is 9.59 Å². The molecule has 0 spiro atoms. The predicted octanol–water partition coefficient (Wildman–Crippen LogP) is 2.56. The first-order valence-electron chi connectivity index (χ1n) is 9.76. The van der Waals surface area contributed by atoms with E-state index in [1.165, 1.54) is 0 Å². The Hall–Kier alpha value is -3.68. The second kappa shape index (κ2) is 8.77. The fourth-order valence-corrected chi connectivity index (χ4v) is 3.36. The summed E-state index contributed by atoms with van der Waals surface area (Å²) in [7, 11) is 0. The molecule has 0 aliphatic carbocycles. The number of hydrogen-bond donors (Lipinski definition) is 0. The van der Waals surface area contributed by atoms with Gasteiger partial charge in [0, 0.05) is 38.7 Å². The first kappa shape index (κ1) is 19.6. The summed E-state index contributed by atoms with van der Waals surface area (Å²) in [5.74, 6) is 1.21. The molecule has 2 heterocycles. The SMILES string of the molecule is Cc1nc(COc2ccccc2C(=O)N2CCN(C(=O)c3ccccc3)CC2)no1. The Labute approximate surface area is 174 Å². The first-order valence-corrected chi connectivity index (χ1v) is 9.76. The van der Waals surface area contributed by atoms with E-state index >= 15 is 0 Å². The van der Waals surface area contributed by atoms with Crippen LogP contribution in [0.2, 0.25) is 0 Å². The Morgan fingerprint density at radius 1 is 0.933 bits per heavy atom. The van der Waals surface area contributed by atoms with E-state index in [0.29, 0.717) is 54.8 Å². The van der Waals surface area contributed by atoms with Gasteiger partial charge >= 0.3 is 0 Å². The maximum atomic E-state index is 13.1. The van der Waals surface area contributed by atoms with Crippen LogP contribution in [0.3, 0.4) is 0 Å². The molecule has 2 amide bonds. The van der Waals surface area contributed by atoms with Crippen molar-refractivity contribution >= 4 is 11.8 Å². The minimum atomic E-state index is -0.123. The summed E-state index contributed by atoms with van der Waals surface area (Å²) >= 11 is 0. The molecule has 3 aromatic rings. The molecule has 0 radical (unpaired) electrons. The molecule has 2 aromatic carbocycles. The second-order valence-corrected chi connectivity index (χ2v) is 6.96. The fraction of sp³-hybridized carbons (Fsp3) is 0.273. The highest BCUT2D eigenvalue weighted by Gasteiger charge is 2.27. The van der Waals surface area contributed by atoms with Crippen LogP contribution in [0.5, 0.6) is 5.75 Å². The number of aryl methyl sites for hydroxylation is 1.